The van der Waals surface area contributed by atoms with Crippen molar-refractivity contribution in [1.29, 1.82) is 0 Å². The summed E-state index contributed by atoms with van der Waals surface area (Å²) in [7, 11) is 0. The highest BCUT2D eigenvalue weighted by Crippen LogP contribution is 2.27. The first-order valence-electron chi connectivity index (χ1n) is 6.48. The van der Waals surface area contributed by atoms with Crippen LogP contribution in [0.2, 0.25) is 0 Å². The summed E-state index contributed by atoms with van der Waals surface area (Å²) >= 11 is 1.61. The molecule has 0 bridgehead atoms. The van der Waals surface area contributed by atoms with Crippen molar-refractivity contribution in [3.63, 3.8) is 0 Å². The molecule has 5 nitrogen and oxygen atoms in total. The third-order valence-electron chi connectivity index (χ3n) is 3.38. The Hall–Kier alpha value is -2.08. The molecular formula is C14H15N3O2S. The van der Waals surface area contributed by atoms with Gasteiger partial charge >= 0.3 is 6.09 Å². The molecule has 0 radical (unpaired) electrons. The fourth-order valence-corrected chi connectivity index (χ4v) is 3.13. The summed E-state index contributed by atoms with van der Waals surface area (Å²) in [5.41, 5.74) is 2.09. The number of thiazole rings is 1. The normalized spacial score (nSPS) is 15.4. The number of amides is 1. The molecule has 1 aliphatic heterocycles. The van der Waals surface area contributed by atoms with Crippen LogP contribution in [-0.4, -0.2) is 47.3 Å². The summed E-state index contributed by atoms with van der Waals surface area (Å²) < 4.78 is 0. The number of benzene rings is 1. The molecule has 0 atom stereocenters. The first kappa shape index (κ1) is 12.9. The van der Waals surface area contributed by atoms with Crippen molar-refractivity contribution >= 4 is 22.6 Å². The van der Waals surface area contributed by atoms with E-state index in [-0.39, 0.29) is 0 Å². The molecule has 0 aliphatic carbocycles. The molecule has 1 amide bonds. The molecule has 1 aromatic carbocycles. The molecule has 104 valence electrons. The van der Waals surface area contributed by atoms with Crippen LogP contribution in [0.3, 0.4) is 0 Å². The Kier molecular flexibility index (Phi) is 3.56. The molecule has 6 heteroatoms. The van der Waals surface area contributed by atoms with Crippen LogP contribution in [0.1, 0.15) is 0 Å². The van der Waals surface area contributed by atoms with Gasteiger partial charge in [0.05, 0.1) is 5.69 Å². The molecule has 2 aromatic rings. The Labute approximate surface area is 121 Å². The maximum Gasteiger partial charge on any atom is 0.407 e. The Morgan fingerprint density at radius 2 is 1.85 bits per heavy atom. The summed E-state index contributed by atoms with van der Waals surface area (Å²) in [6.45, 7) is 2.48. The van der Waals surface area contributed by atoms with Crippen LogP contribution in [0.25, 0.3) is 11.3 Å². The van der Waals surface area contributed by atoms with Crippen molar-refractivity contribution in [3.8, 4) is 11.3 Å². The van der Waals surface area contributed by atoms with E-state index in [1.54, 1.807) is 11.3 Å². The summed E-state index contributed by atoms with van der Waals surface area (Å²) in [4.78, 5) is 19.1. The minimum atomic E-state index is -0.839. The summed E-state index contributed by atoms with van der Waals surface area (Å²) in [5.74, 6) is 0. The van der Waals surface area contributed by atoms with Gasteiger partial charge in [0, 0.05) is 37.1 Å². The Morgan fingerprint density at radius 1 is 1.15 bits per heavy atom. The lowest BCUT2D eigenvalue weighted by Crippen LogP contribution is -2.48. The molecule has 1 aliphatic rings. The van der Waals surface area contributed by atoms with Crippen molar-refractivity contribution < 1.29 is 9.90 Å². The van der Waals surface area contributed by atoms with Gasteiger partial charge in [0.25, 0.3) is 0 Å². The lowest BCUT2D eigenvalue weighted by atomic mass is 10.2. The van der Waals surface area contributed by atoms with Crippen LogP contribution in [0.15, 0.2) is 35.7 Å². The van der Waals surface area contributed by atoms with E-state index < -0.39 is 6.09 Å². The summed E-state index contributed by atoms with van der Waals surface area (Å²) in [6, 6.07) is 10.1. The minimum absolute atomic E-state index is 0.537. The number of rotatable bonds is 2. The topological polar surface area (TPSA) is 56.7 Å². The average molecular weight is 289 g/mol. The first-order valence-corrected chi connectivity index (χ1v) is 7.36. The highest BCUT2D eigenvalue weighted by Gasteiger charge is 2.22. The monoisotopic (exact) mass is 289 g/mol. The Bertz CT molecular complexity index is 591. The van der Waals surface area contributed by atoms with Crippen LogP contribution < -0.4 is 4.90 Å². The molecule has 0 unspecified atom stereocenters. The standard InChI is InChI=1S/C14H15N3O2S/c18-14(19)17-8-6-16(7-9-17)13-15-12(10-20-13)11-4-2-1-3-5-11/h1-5,10H,6-9H2,(H,18,19). The molecule has 1 N–H and O–H groups in total. The first-order chi connectivity index (χ1) is 9.74. The number of piperazine rings is 1. The molecule has 0 spiro atoms. The van der Waals surface area contributed by atoms with E-state index in [1.165, 1.54) is 4.90 Å². The van der Waals surface area contributed by atoms with E-state index in [1.807, 2.05) is 35.7 Å². The van der Waals surface area contributed by atoms with E-state index in [4.69, 9.17) is 5.11 Å². The minimum Gasteiger partial charge on any atom is -0.465 e. The number of hydrogen-bond donors (Lipinski definition) is 1. The summed E-state index contributed by atoms with van der Waals surface area (Å²) in [6.07, 6.45) is -0.839. The van der Waals surface area contributed by atoms with Crippen molar-refractivity contribution in [2.75, 3.05) is 31.1 Å². The zero-order valence-electron chi connectivity index (χ0n) is 10.9. The van der Waals surface area contributed by atoms with Crippen molar-refractivity contribution in [2.24, 2.45) is 0 Å². The Morgan fingerprint density at radius 3 is 2.50 bits per heavy atom. The van der Waals surface area contributed by atoms with Crippen molar-refractivity contribution in [1.82, 2.24) is 9.88 Å². The van der Waals surface area contributed by atoms with Crippen molar-refractivity contribution in [3.05, 3.63) is 35.7 Å². The number of carbonyl (C=O) groups is 1. The maximum absolute atomic E-state index is 10.9. The van der Waals surface area contributed by atoms with Gasteiger partial charge in [0.1, 0.15) is 0 Å². The average Bonchev–Trinajstić information content (AvgIpc) is 2.98. The fraction of sp³-hybridized carbons (Fsp3) is 0.286. The third kappa shape index (κ3) is 2.60. The van der Waals surface area contributed by atoms with Gasteiger partial charge < -0.3 is 14.9 Å². The van der Waals surface area contributed by atoms with Crippen LogP contribution in [0.4, 0.5) is 9.93 Å². The van der Waals surface area contributed by atoms with Crippen LogP contribution in [-0.2, 0) is 0 Å². The van der Waals surface area contributed by atoms with E-state index in [0.717, 1.165) is 16.4 Å². The number of anilines is 1. The van der Waals surface area contributed by atoms with Crippen molar-refractivity contribution in [2.45, 2.75) is 0 Å². The predicted molar refractivity (Wildman–Crippen MR) is 79.4 cm³/mol. The highest BCUT2D eigenvalue weighted by atomic mass is 32.1. The molecule has 1 fully saturated rings. The largest absolute Gasteiger partial charge is 0.465 e. The molecule has 3 rings (SSSR count). The molecular weight excluding hydrogens is 274 g/mol. The van der Waals surface area contributed by atoms with Gasteiger partial charge in [-0.25, -0.2) is 9.78 Å². The second-order valence-corrected chi connectivity index (χ2v) is 5.47. The Balaban J connectivity index is 1.71. The molecule has 1 aromatic heterocycles. The molecule has 0 saturated carbocycles. The molecule has 2 heterocycles. The maximum atomic E-state index is 10.9. The highest BCUT2D eigenvalue weighted by molar-refractivity contribution is 7.14. The lowest BCUT2D eigenvalue weighted by Gasteiger charge is -2.32. The zero-order valence-corrected chi connectivity index (χ0v) is 11.7. The number of carboxylic acid groups (broad SMARTS) is 1. The SMILES string of the molecule is O=C(O)N1CCN(c2nc(-c3ccccc3)cs2)CC1. The van der Waals surface area contributed by atoms with Gasteiger partial charge in [-0.15, -0.1) is 11.3 Å². The quantitative estimate of drug-likeness (QED) is 0.923. The predicted octanol–water partition coefficient (Wildman–Crippen LogP) is 2.61. The van der Waals surface area contributed by atoms with E-state index in [9.17, 15) is 4.79 Å². The van der Waals surface area contributed by atoms with Gasteiger partial charge in [0.15, 0.2) is 5.13 Å². The van der Waals surface area contributed by atoms with Gasteiger partial charge in [0.2, 0.25) is 0 Å². The third-order valence-corrected chi connectivity index (χ3v) is 4.28. The summed E-state index contributed by atoms with van der Waals surface area (Å²) in [5, 5.41) is 12.0. The smallest absolute Gasteiger partial charge is 0.407 e. The van der Waals surface area contributed by atoms with Gasteiger partial charge in [-0.05, 0) is 0 Å². The van der Waals surface area contributed by atoms with E-state index in [2.05, 4.69) is 9.88 Å². The molecule has 20 heavy (non-hydrogen) atoms. The van der Waals surface area contributed by atoms with E-state index >= 15 is 0 Å². The van der Waals surface area contributed by atoms with Crippen LogP contribution >= 0.6 is 11.3 Å². The number of nitrogens with zero attached hydrogens (tertiary/aromatic N) is 3. The number of aromatic nitrogens is 1. The zero-order chi connectivity index (χ0) is 13.9. The van der Waals surface area contributed by atoms with Crippen LogP contribution in [0.5, 0.6) is 0 Å². The van der Waals surface area contributed by atoms with Crippen LogP contribution in [0, 0.1) is 0 Å². The van der Waals surface area contributed by atoms with E-state index in [0.29, 0.717) is 26.2 Å². The van der Waals surface area contributed by atoms with Gasteiger partial charge in [-0.1, -0.05) is 30.3 Å². The van der Waals surface area contributed by atoms with Gasteiger partial charge in [-0.3, -0.25) is 0 Å². The van der Waals surface area contributed by atoms with Gasteiger partial charge in [-0.2, -0.15) is 0 Å². The second-order valence-electron chi connectivity index (χ2n) is 4.64. The number of hydrogen-bond acceptors (Lipinski definition) is 4. The molecule has 1 saturated heterocycles. The fourth-order valence-electron chi connectivity index (χ4n) is 2.24. The second kappa shape index (κ2) is 5.50. The lowest BCUT2D eigenvalue weighted by molar-refractivity contribution is 0.142.